The van der Waals surface area contributed by atoms with E-state index < -0.39 is 0 Å². The molecule has 0 aromatic heterocycles. The number of hydrogen-bond donors (Lipinski definition) is 1. The summed E-state index contributed by atoms with van der Waals surface area (Å²) >= 11 is 3.43. The molecule has 0 saturated carbocycles. The number of halogens is 1. The minimum atomic E-state index is -0.324. The summed E-state index contributed by atoms with van der Waals surface area (Å²) in [5, 5.41) is 0. The van der Waals surface area contributed by atoms with E-state index in [2.05, 4.69) is 15.9 Å². The van der Waals surface area contributed by atoms with Gasteiger partial charge in [0.05, 0.1) is 5.54 Å². The molecule has 2 rings (SSSR count). The molecule has 1 aromatic rings. The molecule has 92 valence electrons. The van der Waals surface area contributed by atoms with E-state index in [9.17, 15) is 4.79 Å². The van der Waals surface area contributed by atoms with E-state index in [4.69, 9.17) is 5.73 Å². The number of nitrogens with zero attached hydrogens (tertiary/aromatic N) is 1. The molecule has 1 saturated heterocycles. The summed E-state index contributed by atoms with van der Waals surface area (Å²) in [5.74, 6) is 0.105. The minimum absolute atomic E-state index is 0.105. The lowest BCUT2D eigenvalue weighted by atomic mass is 9.96. The van der Waals surface area contributed by atoms with Crippen molar-refractivity contribution in [3.8, 4) is 0 Å². The number of rotatable bonds is 1. The van der Waals surface area contributed by atoms with Crippen molar-refractivity contribution in [3.63, 3.8) is 0 Å². The number of amides is 1. The van der Waals surface area contributed by atoms with E-state index in [0.717, 1.165) is 15.7 Å². The molecule has 0 radical (unpaired) electrons. The van der Waals surface area contributed by atoms with Crippen molar-refractivity contribution in [1.29, 1.82) is 0 Å². The van der Waals surface area contributed by atoms with Gasteiger partial charge in [-0.05, 0) is 44.5 Å². The van der Waals surface area contributed by atoms with Gasteiger partial charge in [-0.1, -0.05) is 15.9 Å². The fraction of sp³-hybridized carbons (Fsp3) is 0.462. The maximum absolute atomic E-state index is 12.1. The van der Waals surface area contributed by atoms with Crippen LogP contribution in [0.3, 0.4) is 0 Å². The zero-order valence-electron chi connectivity index (χ0n) is 10.3. The van der Waals surface area contributed by atoms with Gasteiger partial charge >= 0.3 is 0 Å². The SMILES string of the molecule is Cc1cc(Br)ccc1N1C(=O)CC(N)C1(C)C. The third-order valence-corrected chi connectivity index (χ3v) is 4.02. The van der Waals surface area contributed by atoms with Crippen LogP contribution in [0.1, 0.15) is 25.8 Å². The van der Waals surface area contributed by atoms with Crippen LogP contribution in [0.15, 0.2) is 22.7 Å². The average molecular weight is 297 g/mol. The highest BCUT2D eigenvalue weighted by molar-refractivity contribution is 9.10. The number of carbonyl (C=O) groups excluding carboxylic acids is 1. The molecular formula is C13H17BrN2O. The first-order valence-corrected chi connectivity index (χ1v) is 6.48. The molecule has 1 unspecified atom stereocenters. The Morgan fingerprint density at radius 3 is 2.59 bits per heavy atom. The van der Waals surface area contributed by atoms with Crippen LogP contribution in [0.5, 0.6) is 0 Å². The first kappa shape index (κ1) is 12.6. The van der Waals surface area contributed by atoms with Crippen LogP contribution in [-0.4, -0.2) is 17.5 Å². The highest BCUT2D eigenvalue weighted by Gasteiger charge is 2.45. The average Bonchev–Trinajstić information content (AvgIpc) is 2.39. The fourth-order valence-corrected chi connectivity index (χ4v) is 2.81. The lowest BCUT2D eigenvalue weighted by Gasteiger charge is -2.35. The Morgan fingerprint density at radius 2 is 2.12 bits per heavy atom. The molecule has 3 nitrogen and oxygen atoms in total. The molecule has 1 aromatic carbocycles. The van der Waals surface area contributed by atoms with Gasteiger partial charge < -0.3 is 10.6 Å². The quantitative estimate of drug-likeness (QED) is 0.866. The predicted octanol–water partition coefficient (Wildman–Crippen LogP) is 2.60. The maximum atomic E-state index is 12.1. The largest absolute Gasteiger partial charge is 0.325 e. The molecule has 1 atom stereocenters. The van der Waals surface area contributed by atoms with Gasteiger partial charge in [0.15, 0.2) is 0 Å². The molecule has 0 bridgehead atoms. The summed E-state index contributed by atoms with van der Waals surface area (Å²) in [6.07, 6.45) is 0.419. The van der Waals surface area contributed by atoms with Gasteiger partial charge in [-0.3, -0.25) is 4.79 Å². The van der Waals surface area contributed by atoms with Crippen LogP contribution in [0.4, 0.5) is 5.69 Å². The molecule has 0 aliphatic carbocycles. The highest BCUT2D eigenvalue weighted by atomic mass is 79.9. The maximum Gasteiger partial charge on any atom is 0.229 e. The third kappa shape index (κ3) is 2.00. The summed E-state index contributed by atoms with van der Waals surface area (Å²) in [5.41, 5.74) is 7.75. The van der Waals surface area contributed by atoms with Crippen LogP contribution in [0, 0.1) is 6.92 Å². The van der Waals surface area contributed by atoms with Gasteiger partial charge in [0, 0.05) is 22.6 Å². The van der Waals surface area contributed by atoms with Gasteiger partial charge in [-0.25, -0.2) is 0 Å². The summed E-state index contributed by atoms with van der Waals surface area (Å²) in [6.45, 7) is 6.04. The van der Waals surface area contributed by atoms with E-state index >= 15 is 0 Å². The van der Waals surface area contributed by atoms with Gasteiger partial charge in [0.1, 0.15) is 0 Å². The van der Waals surface area contributed by atoms with E-state index in [0.29, 0.717) is 6.42 Å². The van der Waals surface area contributed by atoms with Gasteiger partial charge in [0.2, 0.25) is 5.91 Å². The third-order valence-electron chi connectivity index (χ3n) is 3.53. The summed E-state index contributed by atoms with van der Waals surface area (Å²) in [4.78, 5) is 13.9. The van der Waals surface area contributed by atoms with E-state index in [1.54, 1.807) is 0 Å². The number of benzene rings is 1. The van der Waals surface area contributed by atoms with Crippen LogP contribution >= 0.6 is 15.9 Å². The monoisotopic (exact) mass is 296 g/mol. The smallest absolute Gasteiger partial charge is 0.229 e. The van der Waals surface area contributed by atoms with Crippen molar-refractivity contribution >= 4 is 27.5 Å². The van der Waals surface area contributed by atoms with Crippen LogP contribution < -0.4 is 10.6 Å². The number of carbonyl (C=O) groups is 1. The molecular weight excluding hydrogens is 280 g/mol. The Balaban J connectivity index is 2.49. The first-order chi connectivity index (χ1) is 7.84. The minimum Gasteiger partial charge on any atom is -0.325 e. The molecule has 1 aliphatic rings. The molecule has 4 heteroatoms. The van der Waals surface area contributed by atoms with Crippen LogP contribution in [-0.2, 0) is 4.79 Å². The van der Waals surface area contributed by atoms with Crippen molar-refractivity contribution in [1.82, 2.24) is 0 Å². The first-order valence-electron chi connectivity index (χ1n) is 5.69. The number of aryl methyl sites for hydroxylation is 1. The Kier molecular flexibility index (Phi) is 3.04. The molecule has 2 N–H and O–H groups in total. The zero-order chi connectivity index (χ0) is 12.8. The Labute approximate surface area is 110 Å². The molecule has 1 fully saturated rings. The second-order valence-electron chi connectivity index (χ2n) is 5.12. The predicted molar refractivity (Wildman–Crippen MR) is 73.0 cm³/mol. The second kappa shape index (κ2) is 4.10. The zero-order valence-corrected chi connectivity index (χ0v) is 11.9. The Bertz CT molecular complexity index is 470. The van der Waals surface area contributed by atoms with E-state index in [-0.39, 0.29) is 17.5 Å². The Morgan fingerprint density at radius 1 is 1.47 bits per heavy atom. The second-order valence-corrected chi connectivity index (χ2v) is 6.04. The van der Waals surface area contributed by atoms with Crippen molar-refractivity contribution in [2.24, 2.45) is 5.73 Å². The molecule has 1 heterocycles. The summed E-state index contributed by atoms with van der Waals surface area (Å²) < 4.78 is 1.02. The Hall–Kier alpha value is -0.870. The lowest BCUT2D eigenvalue weighted by molar-refractivity contribution is -0.117. The van der Waals surface area contributed by atoms with Gasteiger partial charge in [-0.2, -0.15) is 0 Å². The molecule has 0 spiro atoms. The van der Waals surface area contributed by atoms with Gasteiger partial charge in [-0.15, -0.1) is 0 Å². The topological polar surface area (TPSA) is 46.3 Å². The van der Waals surface area contributed by atoms with Crippen LogP contribution in [0.2, 0.25) is 0 Å². The van der Waals surface area contributed by atoms with Crippen molar-refractivity contribution in [3.05, 3.63) is 28.2 Å². The lowest BCUT2D eigenvalue weighted by Crippen LogP contribution is -2.50. The van der Waals surface area contributed by atoms with Gasteiger partial charge in [0.25, 0.3) is 0 Å². The summed E-state index contributed by atoms with van der Waals surface area (Å²) in [6, 6.07) is 5.83. The van der Waals surface area contributed by atoms with Crippen molar-refractivity contribution in [2.75, 3.05) is 4.90 Å². The van der Waals surface area contributed by atoms with Crippen molar-refractivity contribution < 1.29 is 4.79 Å². The molecule has 1 amide bonds. The standard InChI is InChI=1S/C13H17BrN2O/c1-8-6-9(14)4-5-10(8)16-12(17)7-11(15)13(16,2)3/h4-6,11H,7,15H2,1-3H3. The summed E-state index contributed by atoms with van der Waals surface area (Å²) in [7, 11) is 0. The van der Waals surface area contributed by atoms with E-state index in [1.165, 1.54) is 0 Å². The number of nitrogens with two attached hydrogens (primary N) is 1. The van der Waals surface area contributed by atoms with Crippen LogP contribution in [0.25, 0.3) is 0 Å². The normalized spacial score (nSPS) is 23.2. The fourth-order valence-electron chi connectivity index (χ4n) is 2.33. The molecule has 1 aliphatic heterocycles. The highest BCUT2D eigenvalue weighted by Crippen LogP contribution is 2.36. The molecule has 17 heavy (non-hydrogen) atoms. The van der Waals surface area contributed by atoms with Crippen molar-refractivity contribution in [2.45, 2.75) is 38.8 Å². The number of hydrogen-bond acceptors (Lipinski definition) is 2. The number of anilines is 1. The van der Waals surface area contributed by atoms with E-state index in [1.807, 2.05) is 43.9 Å².